The van der Waals surface area contributed by atoms with Gasteiger partial charge in [0, 0.05) is 19.3 Å². The van der Waals surface area contributed by atoms with Crippen LogP contribution in [0.15, 0.2) is 30.6 Å². The van der Waals surface area contributed by atoms with Crippen molar-refractivity contribution in [3.63, 3.8) is 0 Å². The van der Waals surface area contributed by atoms with Gasteiger partial charge < -0.3 is 10.1 Å². The molecule has 2 rings (SSSR count). The van der Waals surface area contributed by atoms with Crippen LogP contribution in [0.3, 0.4) is 0 Å². The highest BCUT2D eigenvalue weighted by atomic mass is 16.5. The SMILES string of the molecule is COCCc1ccccc1NCc1ncnn1CC(C)C. The fraction of sp³-hybridized carbons (Fsp3) is 0.500. The van der Waals surface area contributed by atoms with Gasteiger partial charge in [0.15, 0.2) is 0 Å². The molecule has 5 heteroatoms. The Morgan fingerprint density at radius 1 is 1.29 bits per heavy atom. The number of methoxy groups -OCH3 is 1. The number of aromatic nitrogens is 3. The molecule has 1 heterocycles. The monoisotopic (exact) mass is 288 g/mol. The van der Waals surface area contributed by atoms with E-state index in [1.54, 1.807) is 13.4 Å². The molecule has 0 atom stereocenters. The average molecular weight is 288 g/mol. The summed E-state index contributed by atoms with van der Waals surface area (Å²) in [5.41, 5.74) is 2.39. The lowest BCUT2D eigenvalue weighted by Crippen LogP contribution is -2.14. The first kappa shape index (κ1) is 15.5. The Labute approximate surface area is 126 Å². The molecule has 0 aliphatic carbocycles. The van der Waals surface area contributed by atoms with Gasteiger partial charge in [-0.3, -0.25) is 0 Å². The van der Waals surface area contributed by atoms with Crippen molar-refractivity contribution in [3.05, 3.63) is 42.0 Å². The summed E-state index contributed by atoms with van der Waals surface area (Å²) in [6.45, 7) is 6.65. The number of hydrogen-bond acceptors (Lipinski definition) is 4. The van der Waals surface area contributed by atoms with Gasteiger partial charge in [-0.15, -0.1) is 0 Å². The number of para-hydroxylation sites is 1. The van der Waals surface area contributed by atoms with Crippen LogP contribution in [0, 0.1) is 5.92 Å². The highest BCUT2D eigenvalue weighted by Gasteiger charge is 2.07. The van der Waals surface area contributed by atoms with Crippen molar-refractivity contribution in [2.24, 2.45) is 5.92 Å². The minimum atomic E-state index is 0.555. The largest absolute Gasteiger partial charge is 0.384 e. The van der Waals surface area contributed by atoms with Gasteiger partial charge in [0.1, 0.15) is 12.2 Å². The predicted molar refractivity (Wildman–Crippen MR) is 84.2 cm³/mol. The minimum Gasteiger partial charge on any atom is -0.384 e. The summed E-state index contributed by atoms with van der Waals surface area (Å²) in [5.74, 6) is 1.52. The van der Waals surface area contributed by atoms with E-state index in [0.717, 1.165) is 31.1 Å². The predicted octanol–water partition coefficient (Wildman–Crippen LogP) is 2.74. The van der Waals surface area contributed by atoms with Crippen LogP contribution in [-0.2, 0) is 24.2 Å². The Hall–Kier alpha value is -1.88. The Morgan fingerprint density at radius 2 is 2.10 bits per heavy atom. The van der Waals surface area contributed by atoms with E-state index in [4.69, 9.17) is 4.74 Å². The van der Waals surface area contributed by atoms with Crippen LogP contribution in [-0.4, -0.2) is 28.5 Å². The van der Waals surface area contributed by atoms with Crippen LogP contribution in [0.1, 0.15) is 25.2 Å². The average Bonchev–Trinajstić information content (AvgIpc) is 2.90. The first-order valence-corrected chi connectivity index (χ1v) is 7.38. The summed E-state index contributed by atoms with van der Waals surface area (Å²) in [6, 6.07) is 8.31. The van der Waals surface area contributed by atoms with E-state index in [1.165, 1.54) is 5.56 Å². The molecule has 2 aromatic rings. The molecule has 1 aromatic heterocycles. The third-order valence-electron chi connectivity index (χ3n) is 3.26. The van der Waals surface area contributed by atoms with Gasteiger partial charge in [-0.05, 0) is 24.0 Å². The van der Waals surface area contributed by atoms with Crippen molar-refractivity contribution in [2.45, 2.75) is 33.4 Å². The molecule has 0 unspecified atom stereocenters. The minimum absolute atomic E-state index is 0.555. The number of hydrogen-bond donors (Lipinski definition) is 1. The number of anilines is 1. The Balaban J connectivity index is 2.01. The summed E-state index contributed by atoms with van der Waals surface area (Å²) < 4.78 is 7.13. The van der Waals surface area contributed by atoms with Crippen LogP contribution in [0.4, 0.5) is 5.69 Å². The van der Waals surface area contributed by atoms with Crippen LogP contribution >= 0.6 is 0 Å². The molecule has 5 nitrogen and oxygen atoms in total. The first-order valence-electron chi connectivity index (χ1n) is 7.38. The van der Waals surface area contributed by atoms with E-state index >= 15 is 0 Å². The summed E-state index contributed by atoms with van der Waals surface area (Å²) in [6.07, 6.45) is 2.52. The van der Waals surface area contributed by atoms with E-state index in [2.05, 4.69) is 47.4 Å². The molecule has 0 saturated carbocycles. The summed E-state index contributed by atoms with van der Waals surface area (Å²) in [5, 5.41) is 7.75. The van der Waals surface area contributed by atoms with E-state index < -0.39 is 0 Å². The van der Waals surface area contributed by atoms with Gasteiger partial charge in [-0.2, -0.15) is 5.10 Å². The fourth-order valence-electron chi connectivity index (χ4n) is 2.22. The zero-order valence-corrected chi connectivity index (χ0v) is 13.0. The van der Waals surface area contributed by atoms with E-state index in [-0.39, 0.29) is 0 Å². The molecular formula is C16H24N4O. The molecule has 0 spiro atoms. The number of benzene rings is 1. The number of nitrogens with zero attached hydrogens (tertiary/aromatic N) is 3. The van der Waals surface area contributed by atoms with Crippen LogP contribution in [0.25, 0.3) is 0 Å². The second-order valence-electron chi connectivity index (χ2n) is 5.51. The lowest BCUT2D eigenvalue weighted by molar-refractivity contribution is 0.202. The molecule has 0 saturated heterocycles. The van der Waals surface area contributed by atoms with Gasteiger partial charge in [0.25, 0.3) is 0 Å². The topological polar surface area (TPSA) is 52.0 Å². The van der Waals surface area contributed by atoms with E-state index in [0.29, 0.717) is 12.5 Å². The Bertz CT molecular complexity index is 551. The molecule has 0 bridgehead atoms. The zero-order valence-electron chi connectivity index (χ0n) is 13.0. The molecular weight excluding hydrogens is 264 g/mol. The summed E-state index contributed by atoms with van der Waals surface area (Å²) in [7, 11) is 1.73. The third kappa shape index (κ3) is 4.56. The van der Waals surface area contributed by atoms with Crippen LogP contribution in [0.5, 0.6) is 0 Å². The second kappa shape index (κ2) is 7.78. The number of ether oxygens (including phenoxy) is 1. The Morgan fingerprint density at radius 3 is 2.86 bits per heavy atom. The second-order valence-corrected chi connectivity index (χ2v) is 5.51. The highest BCUT2D eigenvalue weighted by molar-refractivity contribution is 5.51. The standard InChI is InChI=1S/C16H24N4O/c1-13(2)11-20-16(18-12-19-20)10-17-15-7-5-4-6-14(15)8-9-21-3/h4-7,12-13,17H,8-11H2,1-3H3. The van der Waals surface area contributed by atoms with Gasteiger partial charge in [0.2, 0.25) is 0 Å². The maximum Gasteiger partial charge on any atom is 0.146 e. The molecule has 0 aliphatic rings. The van der Waals surface area contributed by atoms with Gasteiger partial charge in [-0.1, -0.05) is 32.0 Å². The van der Waals surface area contributed by atoms with Crippen molar-refractivity contribution in [3.8, 4) is 0 Å². The van der Waals surface area contributed by atoms with Crippen molar-refractivity contribution in [1.29, 1.82) is 0 Å². The smallest absolute Gasteiger partial charge is 0.146 e. The van der Waals surface area contributed by atoms with Crippen molar-refractivity contribution < 1.29 is 4.74 Å². The lowest BCUT2D eigenvalue weighted by atomic mass is 10.1. The highest BCUT2D eigenvalue weighted by Crippen LogP contribution is 2.16. The van der Waals surface area contributed by atoms with E-state index in [1.807, 2.05) is 10.7 Å². The van der Waals surface area contributed by atoms with E-state index in [9.17, 15) is 0 Å². The normalized spacial score (nSPS) is 11.0. The fourth-order valence-corrected chi connectivity index (χ4v) is 2.22. The number of nitrogens with one attached hydrogen (secondary N) is 1. The van der Waals surface area contributed by atoms with Gasteiger partial charge in [0.05, 0.1) is 13.2 Å². The zero-order chi connectivity index (χ0) is 15.1. The molecule has 0 aliphatic heterocycles. The molecule has 114 valence electrons. The van der Waals surface area contributed by atoms with Crippen LogP contribution < -0.4 is 5.32 Å². The van der Waals surface area contributed by atoms with Crippen LogP contribution in [0.2, 0.25) is 0 Å². The van der Waals surface area contributed by atoms with Crippen molar-refractivity contribution in [2.75, 3.05) is 19.0 Å². The molecule has 1 aromatic carbocycles. The third-order valence-corrected chi connectivity index (χ3v) is 3.26. The summed E-state index contributed by atoms with van der Waals surface area (Å²) >= 11 is 0. The maximum atomic E-state index is 5.16. The van der Waals surface area contributed by atoms with Gasteiger partial charge >= 0.3 is 0 Å². The lowest BCUT2D eigenvalue weighted by Gasteiger charge is -2.13. The van der Waals surface area contributed by atoms with Gasteiger partial charge in [-0.25, -0.2) is 9.67 Å². The Kier molecular flexibility index (Phi) is 5.75. The molecule has 21 heavy (non-hydrogen) atoms. The van der Waals surface area contributed by atoms with Crippen molar-refractivity contribution >= 4 is 5.69 Å². The molecule has 0 fully saturated rings. The first-order chi connectivity index (χ1) is 10.2. The summed E-state index contributed by atoms with van der Waals surface area (Å²) in [4.78, 5) is 4.34. The molecule has 0 amide bonds. The quantitative estimate of drug-likeness (QED) is 0.811. The molecule has 0 radical (unpaired) electrons. The van der Waals surface area contributed by atoms with Crippen molar-refractivity contribution in [1.82, 2.24) is 14.8 Å². The molecule has 1 N–H and O–H groups in total. The maximum absolute atomic E-state index is 5.16. The number of rotatable bonds is 8.